The lowest BCUT2D eigenvalue weighted by atomic mass is 10.1. The van der Waals surface area contributed by atoms with Gasteiger partial charge in [-0.05, 0) is 65.1 Å². The molecule has 0 radical (unpaired) electrons. The predicted molar refractivity (Wildman–Crippen MR) is 115 cm³/mol. The number of primary amides is 1. The molecule has 0 fully saturated rings. The molecule has 0 saturated carbocycles. The second kappa shape index (κ2) is 9.40. The van der Waals surface area contributed by atoms with Crippen LogP contribution in [-0.2, 0) is 35.8 Å². The summed E-state index contributed by atoms with van der Waals surface area (Å²) < 4.78 is 11.2. The van der Waals surface area contributed by atoms with E-state index in [0.717, 1.165) is 22.4 Å². The Balaban J connectivity index is 1.25. The van der Waals surface area contributed by atoms with Gasteiger partial charge in [0.05, 0.1) is 13.2 Å². The molecule has 2 heterocycles. The number of fused-ring (bicyclic) bond motifs is 1. The Kier molecular flexibility index (Phi) is 6.24. The van der Waals surface area contributed by atoms with E-state index in [1.165, 1.54) is 11.8 Å². The van der Waals surface area contributed by atoms with E-state index in [0.29, 0.717) is 38.4 Å². The molecule has 0 saturated heterocycles. The fourth-order valence-corrected chi connectivity index (χ4v) is 3.35. The van der Waals surface area contributed by atoms with E-state index < -0.39 is 5.91 Å². The maximum atomic E-state index is 12.3. The van der Waals surface area contributed by atoms with Crippen LogP contribution < -0.4 is 15.8 Å². The van der Waals surface area contributed by atoms with Crippen molar-refractivity contribution in [2.75, 3.05) is 5.32 Å². The first-order valence-corrected chi connectivity index (χ1v) is 10.0. The quantitative estimate of drug-likeness (QED) is 0.585. The highest BCUT2D eigenvalue weighted by Crippen LogP contribution is 2.23. The molecular formula is C24H23N3O4. The number of carbonyl (C=O) groups excluding carboxylic acids is 2. The molecule has 0 atom stereocenters. The van der Waals surface area contributed by atoms with Crippen molar-refractivity contribution in [3.63, 3.8) is 0 Å². The second-order valence-electron chi connectivity index (χ2n) is 7.37. The van der Waals surface area contributed by atoms with Crippen LogP contribution in [0.5, 0.6) is 5.75 Å². The molecule has 7 nitrogen and oxygen atoms in total. The molecule has 1 aliphatic heterocycles. The van der Waals surface area contributed by atoms with E-state index in [9.17, 15) is 9.59 Å². The first-order valence-electron chi connectivity index (χ1n) is 10.0. The lowest BCUT2D eigenvalue weighted by Crippen LogP contribution is -2.13. The minimum atomic E-state index is -0.569. The molecule has 0 unspecified atom stereocenters. The van der Waals surface area contributed by atoms with E-state index >= 15 is 0 Å². The number of pyridine rings is 1. The number of nitrogens with zero attached hydrogens (tertiary/aromatic N) is 1. The van der Waals surface area contributed by atoms with E-state index in [1.807, 2.05) is 42.5 Å². The summed E-state index contributed by atoms with van der Waals surface area (Å²) in [4.78, 5) is 27.4. The average molecular weight is 417 g/mol. The van der Waals surface area contributed by atoms with Crippen molar-refractivity contribution in [1.82, 2.24) is 4.98 Å². The number of hydrogen-bond acceptors (Lipinski definition) is 5. The summed E-state index contributed by atoms with van der Waals surface area (Å²) in [5, 5.41) is 2.95. The molecule has 2 amide bonds. The molecule has 2 aromatic carbocycles. The Morgan fingerprint density at radius 3 is 2.61 bits per heavy atom. The lowest BCUT2D eigenvalue weighted by molar-refractivity contribution is -0.116. The van der Waals surface area contributed by atoms with Crippen LogP contribution in [0.1, 0.15) is 39.2 Å². The summed E-state index contributed by atoms with van der Waals surface area (Å²) in [6.07, 6.45) is 2.55. The number of benzene rings is 2. The SMILES string of the molecule is NC(=O)c1cc(COc2ccc(CCC(=O)Nc3ccc4c(c3)COC4)cc2)ccn1. The van der Waals surface area contributed by atoms with Crippen molar-refractivity contribution >= 4 is 17.5 Å². The van der Waals surface area contributed by atoms with Crippen molar-refractivity contribution in [2.45, 2.75) is 32.7 Å². The summed E-state index contributed by atoms with van der Waals surface area (Å²) in [5.41, 5.74) is 10.4. The summed E-state index contributed by atoms with van der Waals surface area (Å²) in [6, 6.07) is 16.9. The number of hydrogen-bond donors (Lipinski definition) is 2. The minimum absolute atomic E-state index is 0.0258. The van der Waals surface area contributed by atoms with Gasteiger partial charge in [0, 0.05) is 18.3 Å². The zero-order chi connectivity index (χ0) is 21.6. The Morgan fingerprint density at radius 2 is 1.81 bits per heavy atom. The van der Waals surface area contributed by atoms with Gasteiger partial charge in [-0.15, -0.1) is 0 Å². The number of aromatic nitrogens is 1. The van der Waals surface area contributed by atoms with Crippen molar-refractivity contribution in [3.05, 3.63) is 88.7 Å². The van der Waals surface area contributed by atoms with Crippen molar-refractivity contribution < 1.29 is 19.1 Å². The number of amides is 2. The van der Waals surface area contributed by atoms with Crippen LogP contribution >= 0.6 is 0 Å². The van der Waals surface area contributed by atoms with Crippen LogP contribution in [-0.4, -0.2) is 16.8 Å². The molecule has 158 valence electrons. The fraction of sp³-hybridized carbons (Fsp3) is 0.208. The number of nitrogens with two attached hydrogens (primary N) is 1. The van der Waals surface area contributed by atoms with Crippen molar-refractivity contribution in [1.29, 1.82) is 0 Å². The highest BCUT2D eigenvalue weighted by Gasteiger charge is 2.12. The highest BCUT2D eigenvalue weighted by atomic mass is 16.5. The van der Waals surface area contributed by atoms with Gasteiger partial charge in [-0.2, -0.15) is 0 Å². The smallest absolute Gasteiger partial charge is 0.267 e. The molecule has 3 N–H and O–H groups in total. The predicted octanol–water partition coefficient (Wildman–Crippen LogP) is 3.36. The van der Waals surface area contributed by atoms with Gasteiger partial charge in [0.25, 0.3) is 5.91 Å². The molecule has 31 heavy (non-hydrogen) atoms. The van der Waals surface area contributed by atoms with Gasteiger partial charge in [-0.1, -0.05) is 18.2 Å². The molecule has 0 bridgehead atoms. The van der Waals surface area contributed by atoms with Gasteiger partial charge >= 0.3 is 0 Å². The van der Waals surface area contributed by atoms with Crippen LogP contribution in [0, 0.1) is 0 Å². The summed E-state index contributed by atoms with van der Waals surface area (Å²) in [6.45, 7) is 1.54. The van der Waals surface area contributed by atoms with E-state index in [1.54, 1.807) is 12.1 Å². The number of carbonyl (C=O) groups is 2. The zero-order valence-corrected chi connectivity index (χ0v) is 17.0. The zero-order valence-electron chi connectivity index (χ0n) is 17.0. The lowest BCUT2D eigenvalue weighted by Gasteiger charge is -2.09. The third-order valence-corrected chi connectivity index (χ3v) is 5.05. The van der Waals surface area contributed by atoms with Gasteiger partial charge in [-0.25, -0.2) is 0 Å². The summed E-state index contributed by atoms with van der Waals surface area (Å²) in [5.74, 6) is 0.105. The Morgan fingerprint density at radius 1 is 1.00 bits per heavy atom. The van der Waals surface area contributed by atoms with E-state index in [4.69, 9.17) is 15.2 Å². The molecule has 1 aromatic heterocycles. The Labute approximate surface area is 180 Å². The third-order valence-electron chi connectivity index (χ3n) is 5.05. The minimum Gasteiger partial charge on any atom is -0.489 e. The van der Waals surface area contributed by atoms with Crippen LogP contribution in [0.4, 0.5) is 5.69 Å². The molecular weight excluding hydrogens is 394 g/mol. The van der Waals surface area contributed by atoms with Crippen LogP contribution in [0.2, 0.25) is 0 Å². The maximum Gasteiger partial charge on any atom is 0.267 e. The molecule has 0 aliphatic carbocycles. The van der Waals surface area contributed by atoms with Crippen molar-refractivity contribution in [2.24, 2.45) is 5.73 Å². The molecule has 4 rings (SSSR count). The number of anilines is 1. The Bertz CT molecular complexity index is 1100. The average Bonchev–Trinajstić information content (AvgIpc) is 3.25. The first kappa shape index (κ1) is 20.6. The first-order chi connectivity index (χ1) is 15.1. The van der Waals surface area contributed by atoms with E-state index in [-0.39, 0.29) is 11.6 Å². The van der Waals surface area contributed by atoms with Crippen LogP contribution in [0.25, 0.3) is 0 Å². The van der Waals surface area contributed by atoms with Gasteiger partial charge in [0.15, 0.2) is 0 Å². The topological polar surface area (TPSA) is 104 Å². The number of nitrogens with one attached hydrogen (secondary N) is 1. The maximum absolute atomic E-state index is 12.3. The third kappa shape index (κ3) is 5.46. The van der Waals surface area contributed by atoms with Gasteiger partial charge < -0.3 is 20.5 Å². The molecule has 1 aliphatic rings. The summed E-state index contributed by atoms with van der Waals surface area (Å²) >= 11 is 0. The second-order valence-corrected chi connectivity index (χ2v) is 7.37. The van der Waals surface area contributed by atoms with Crippen LogP contribution in [0.15, 0.2) is 60.8 Å². The number of ether oxygens (including phenoxy) is 2. The normalized spacial score (nSPS) is 12.3. The molecule has 7 heteroatoms. The van der Waals surface area contributed by atoms with Gasteiger partial charge in [-0.3, -0.25) is 14.6 Å². The highest BCUT2D eigenvalue weighted by molar-refractivity contribution is 5.91. The summed E-state index contributed by atoms with van der Waals surface area (Å²) in [7, 11) is 0. The fourth-order valence-electron chi connectivity index (χ4n) is 3.35. The van der Waals surface area contributed by atoms with E-state index in [2.05, 4.69) is 10.3 Å². The molecule has 0 spiro atoms. The number of aryl methyl sites for hydroxylation is 1. The standard InChI is InChI=1S/C24H23N3O4/c25-24(29)22-11-17(9-10-26-22)13-31-21-6-1-16(2-7-21)3-8-23(28)27-20-5-4-18-14-30-15-19(18)12-20/h1-2,4-7,9-12H,3,8,13-15H2,(H2,25,29)(H,27,28). The Hall–Kier alpha value is -3.71. The number of rotatable bonds is 8. The largest absolute Gasteiger partial charge is 0.489 e. The monoisotopic (exact) mass is 417 g/mol. The van der Waals surface area contributed by atoms with Gasteiger partial charge in [0.1, 0.15) is 18.1 Å². The molecule has 3 aromatic rings. The van der Waals surface area contributed by atoms with Crippen molar-refractivity contribution in [3.8, 4) is 5.75 Å². The van der Waals surface area contributed by atoms with Gasteiger partial charge in [0.2, 0.25) is 5.91 Å². The van der Waals surface area contributed by atoms with Crippen LogP contribution in [0.3, 0.4) is 0 Å².